The van der Waals surface area contributed by atoms with Gasteiger partial charge < -0.3 is 9.42 Å². The Labute approximate surface area is 135 Å². The van der Waals surface area contributed by atoms with Crippen LogP contribution < -0.4 is 0 Å². The fourth-order valence-electron chi connectivity index (χ4n) is 3.88. The molecule has 2 saturated heterocycles. The van der Waals surface area contributed by atoms with Gasteiger partial charge in [-0.15, -0.1) is 0 Å². The summed E-state index contributed by atoms with van der Waals surface area (Å²) < 4.78 is 5.04. The van der Waals surface area contributed by atoms with Crippen LogP contribution in [0.3, 0.4) is 0 Å². The smallest absolute Gasteiger partial charge is 0.259 e. The summed E-state index contributed by atoms with van der Waals surface area (Å²) in [7, 11) is 0. The molecule has 6 nitrogen and oxygen atoms in total. The van der Waals surface area contributed by atoms with Crippen LogP contribution in [0.15, 0.2) is 35.1 Å². The summed E-state index contributed by atoms with van der Waals surface area (Å²) in [5.41, 5.74) is 1.68. The number of aromatic nitrogens is 2. The molecule has 0 saturated carbocycles. The lowest BCUT2D eigenvalue weighted by Crippen LogP contribution is -2.39. The minimum absolute atomic E-state index is 0.0518. The molecule has 120 valence electrons. The van der Waals surface area contributed by atoms with E-state index in [-0.39, 0.29) is 5.91 Å². The quantitative estimate of drug-likeness (QED) is 0.866. The first kappa shape index (κ1) is 14.4. The lowest BCUT2D eigenvalue weighted by atomic mass is 10.1. The fraction of sp³-hybridized carbons (Fsp3) is 0.471. The largest absolute Gasteiger partial charge is 0.361 e. The Bertz CT molecular complexity index is 700. The Morgan fingerprint density at radius 1 is 1.30 bits per heavy atom. The van der Waals surface area contributed by atoms with Gasteiger partial charge in [-0.25, -0.2) is 0 Å². The van der Waals surface area contributed by atoms with Crippen molar-refractivity contribution in [2.45, 2.75) is 38.4 Å². The second-order valence-electron chi connectivity index (χ2n) is 6.30. The van der Waals surface area contributed by atoms with Gasteiger partial charge in [0.2, 0.25) is 0 Å². The van der Waals surface area contributed by atoms with E-state index < -0.39 is 0 Å². The number of amides is 1. The van der Waals surface area contributed by atoms with Gasteiger partial charge in [0.15, 0.2) is 0 Å². The van der Waals surface area contributed by atoms with Crippen LogP contribution in [0.2, 0.25) is 0 Å². The van der Waals surface area contributed by atoms with Gasteiger partial charge in [-0.1, -0.05) is 11.2 Å². The molecule has 2 aromatic heterocycles. The molecule has 2 fully saturated rings. The second kappa shape index (κ2) is 5.77. The Morgan fingerprint density at radius 2 is 2.17 bits per heavy atom. The molecule has 2 atom stereocenters. The van der Waals surface area contributed by atoms with Crippen LogP contribution >= 0.6 is 0 Å². The first-order chi connectivity index (χ1) is 11.2. The number of fused-ring (bicyclic) bond motifs is 1. The van der Waals surface area contributed by atoms with Crippen molar-refractivity contribution >= 4 is 5.91 Å². The molecule has 0 radical (unpaired) electrons. The average Bonchev–Trinajstić information content (AvgIpc) is 3.25. The number of hydrogen-bond acceptors (Lipinski definition) is 5. The summed E-state index contributed by atoms with van der Waals surface area (Å²) in [5, 5.41) is 3.73. The molecule has 2 aliphatic heterocycles. The van der Waals surface area contributed by atoms with E-state index in [1.54, 1.807) is 6.92 Å². The van der Waals surface area contributed by atoms with Crippen molar-refractivity contribution in [3.05, 3.63) is 47.6 Å². The second-order valence-corrected chi connectivity index (χ2v) is 6.30. The molecule has 4 heterocycles. The van der Waals surface area contributed by atoms with Crippen LogP contribution in [0.5, 0.6) is 0 Å². The topological polar surface area (TPSA) is 62.5 Å². The molecule has 0 spiro atoms. The van der Waals surface area contributed by atoms with Crippen molar-refractivity contribution in [1.82, 2.24) is 19.9 Å². The molecule has 0 aliphatic carbocycles. The number of carbonyl (C=O) groups excluding carboxylic acids is 1. The highest BCUT2D eigenvalue weighted by atomic mass is 16.5. The number of aryl methyl sites for hydroxylation is 1. The Balaban J connectivity index is 1.48. The van der Waals surface area contributed by atoms with Gasteiger partial charge >= 0.3 is 0 Å². The number of nitrogens with zero attached hydrogens (tertiary/aromatic N) is 4. The maximum Gasteiger partial charge on any atom is 0.259 e. The van der Waals surface area contributed by atoms with Crippen LogP contribution in [0.25, 0.3) is 0 Å². The molecule has 1 amide bonds. The molecule has 0 aromatic carbocycles. The van der Waals surface area contributed by atoms with Crippen LogP contribution in [0, 0.1) is 6.92 Å². The molecule has 0 N–H and O–H groups in total. The third-order valence-electron chi connectivity index (χ3n) is 5.02. The van der Waals surface area contributed by atoms with E-state index in [9.17, 15) is 4.79 Å². The van der Waals surface area contributed by atoms with Gasteiger partial charge in [-0.05, 0) is 31.9 Å². The van der Waals surface area contributed by atoms with Crippen LogP contribution in [0.4, 0.5) is 0 Å². The standard InChI is InChI=1S/C17H20N4O2/c1-12-14(10-19-23-12)17(22)21-9-6-15-16(21)5-8-20(15)11-13-4-2-3-7-18-13/h2-4,7,10,15-16H,5-6,8-9,11H2,1H3/t15-,16+/m0/s1. The summed E-state index contributed by atoms with van der Waals surface area (Å²) in [6, 6.07) is 6.75. The van der Waals surface area contributed by atoms with E-state index in [0.29, 0.717) is 23.4 Å². The van der Waals surface area contributed by atoms with E-state index in [4.69, 9.17) is 4.52 Å². The summed E-state index contributed by atoms with van der Waals surface area (Å²) >= 11 is 0. The van der Waals surface area contributed by atoms with Gasteiger partial charge in [0.05, 0.1) is 11.9 Å². The highest BCUT2D eigenvalue weighted by molar-refractivity contribution is 5.95. The zero-order valence-corrected chi connectivity index (χ0v) is 13.2. The lowest BCUT2D eigenvalue weighted by Gasteiger charge is -2.25. The summed E-state index contributed by atoms with van der Waals surface area (Å²) in [6.45, 7) is 4.46. The number of carbonyl (C=O) groups is 1. The third-order valence-corrected chi connectivity index (χ3v) is 5.02. The zero-order chi connectivity index (χ0) is 15.8. The number of rotatable bonds is 3. The highest BCUT2D eigenvalue weighted by Crippen LogP contribution is 2.33. The summed E-state index contributed by atoms with van der Waals surface area (Å²) in [4.78, 5) is 21.6. The predicted octanol–water partition coefficient (Wildman–Crippen LogP) is 1.87. The lowest BCUT2D eigenvalue weighted by molar-refractivity contribution is 0.0730. The Kier molecular flexibility index (Phi) is 3.61. The van der Waals surface area contributed by atoms with E-state index in [0.717, 1.165) is 38.2 Å². The van der Waals surface area contributed by atoms with Crippen molar-refractivity contribution in [1.29, 1.82) is 0 Å². The predicted molar refractivity (Wildman–Crippen MR) is 83.7 cm³/mol. The number of likely N-dealkylation sites (tertiary alicyclic amines) is 2. The van der Waals surface area contributed by atoms with E-state index in [1.165, 1.54) is 6.20 Å². The molecule has 2 aromatic rings. The van der Waals surface area contributed by atoms with Gasteiger partial charge in [0, 0.05) is 37.9 Å². The van der Waals surface area contributed by atoms with E-state index in [2.05, 4.69) is 21.1 Å². The van der Waals surface area contributed by atoms with Crippen molar-refractivity contribution in [2.75, 3.05) is 13.1 Å². The van der Waals surface area contributed by atoms with Gasteiger partial charge in [0.1, 0.15) is 11.3 Å². The van der Waals surface area contributed by atoms with Crippen molar-refractivity contribution < 1.29 is 9.32 Å². The van der Waals surface area contributed by atoms with Gasteiger partial charge in [-0.3, -0.25) is 14.7 Å². The van der Waals surface area contributed by atoms with E-state index in [1.807, 2.05) is 23.2 Å². The zero-order valence-electron chi connectivity index (χ0n) is 13.2. The molecular formula is C17H20N4O2. The Morgan fingerprint density at radius 3 is 2.91 bits per heavy atom. The van der Waals surface area contributed by atoms with Crippen LogP contribution in [-0.4, -0.2) is 51.0 Å². The molecule has 0 bridgehead atoms. The first-order valence-electron chi connectivity index (χ1n) is 8.10. The molecular weight excluding hydrogens is 292 g/mol. The van der Waals surface area contributed by atoms with Crippen LogP contribution in [-0.2, 0) is 6.54 Å². The minimum atomic E-state index is 0.0518. The number of pyridine rings is 1. The maximum absolute atomic E-state index is 12.7. The molecule has 4 rings (SSSR count). The monoisotopic (exact) mass is 312 g/mol. The van der Waals surface area contributed by atoms with Gasteiger partial charge in [-0.2, -0.15) is 0 Å². The van der Waals surface area contributed by atoms with Crippen molar-refractivity contribution in [3.63, 3.8) is 0 Å². The van der Waals surface area contributed by atoms with Gasteiger partial charge in [0.25, 0.3) is 5.91 Å². The van der Waals surface area contributed by atoms with Crippen LogP contribution in [0.1, 0.15) is 34.7 Å². The first-order valence-corrected chi connectivity index (χ1v) is 8.10. The molecule has 23 heavy (non-hydrogen) atoms. The highest BCUT2D eigenvalue weighted by Gasteiger charge is 2.44. The summed E-state index contributed by atoms with van der Waals surface area (Å²) in [6.07, 6.45) is 5.41. The third kappa shape index (κ3) is 2.53. The van der Waals surface area contributed by atoms with Crippen molar-refractivity contribution in [2.24, 2.45) is 0 Å². The summed E-state index contributed by atoms with van der Waals surface area (Å²) in [5.74, 6) is 0.651. The SMILES string of the molecule is Cc1oncc1C(=O)N1CC[C@H]2[C@H]1CCN2Cc1ccccn1. The average molecular weight is 312 g/mol. The molecule has 0 unspecified atom stereocenters. The normalized spacial score (nSPS) is 24.1. The van der Waals surface area contributed by atoms with E-state index >= 15 is 0 Å². The maximum atomic E-state index is 12.7. The molecule has 6 heteroatoms. The van der Waals surface area contributed by atoms with Crippen molar-refractivity contribution in [3.8, 4) is 0 Å². The number of hydrogen-bond donors (Lipinski definition) is 0. The molecule has 2 aliphatic rings. The fourth-order valence-corrected chi connectivity index (χ4v) is 3.88. The Hall–Kier alpha value is -2.21. The minimum Gasteiger partial charge on any atom is -0.361 e.